The van der Waals surface area contributed by atoms with E-state index in [4.69, 9.17) is 17.2 Å². The fourth-order valence-corrected chi connectivity index (χ4v) is 4.86. The van der Waals surface area contributed by atoms with Gasteiger partial charge in [0.05, 0.1) is 22.3 Å². The van der Waals surface area contributed by atoms with E-state index in [1.807, 2.05) is 24.3 Å². The highest BCUT2D eigenvalue weighted by molar-refractivity contribution is 7.80. The molecule has 0 bridgehead atoms. The number of aromatic nitrogens is 1. The van der Waals surface area contributed by atoms with Crippen molar-refractivity contribution in [1.29, 1.82) is 0 Å². The number of benzene rings is 2. The van der Waals surface area contributed by atoms with Gasteiger partial charge in [0.2, 0.25) is 0 Å². The fourth-order valence-electron chi connectivity index (χ4n) is 4.49. The number of rotatable bonds is 9. The van der Waals surface area contributed by atoms with Crippen LogP contribution in [0, 0.1) is 5.21 Å². The fraction of sp³-hybridized carbons (Fsp3) is 0.417. The lowest BCUT2D eigenvalue weighted by molar-refractivity contribution is -0.990. The number of nitrogens with one attached hydrogen (secondary N) is 1. The summed E-state index contributed by atoms with van der Waals surface area (Å²) in [5.41, 5.74) is 3.43. The minimum atomic E-state index is -0.971. The summed E-state index contributed by atoms with van der Waals surface area (Å²) in [4.78, 5) is 13.5. The summed E-state index contributed by atoms with van der Waals surface area (Å²) in [6, 6.07) is 11.5. The summed E-state index contributed by atoms with van der Waals surface area (Å²) in [7, 11) is 8.26. The molecular weight excluding hydrogens is 472 g/mol. The second kappa shape index (κ2) is 11.1. The van der Waals surface area contributed by atoms with Crippen molar-refractivity contribution in [1.82, 2.24) is 14.8 Å². The third kappa shape index (κ3) is 5.11. The van der Waals surface area contributed by atoms with Crippen LogP contribution in [0.3, 0.4) is 0 Å². The first kappa shape index (κ1) is 26.5. The number of fused-ring (bicyclic) bond motifs is 2. The second-order valence-electron chi connectivity index (χ2n) is 9.04. The largest absolute Gasteiger partial charge is 0.595 e. The lowest BCUT2D eigenvalue weighted by atomic mass is 10.0. The summed E-state index contributed by atoms with van der Waals surface area (Å²) in [5, 5.41) is 23.7. The summed E-state index contributed by atoms with van der Waals surface area (Å²) in [6.45, 7) is 3.39. The minimum Gasteiger partial charge on any atom is -0.595 e. The Bertz CT molecular complexity index is 1170. The molecule has 0 spiro atoms. The van der Waals surface area contributed by atoms with E-state index in [0.717, 1.165) is 71.8 Å². The van der Waals surface area contributed by atoms with Gasteiger partial charge in [-0.3, -0.25) is 0 Å². The quantitative estimate of drug-likeness (QED) is 0.262. The van der Waals surface area contributed by atoms with Gasteiger partial charge in [0.25, 0.3) is 0 Å². The highest BCUT2D eigenvalue weighted by atomic mass is 35.5. The number of anilines is 2. The van der Waals surface area contributed by atoms with Crippen LogP contribution in [0.4, 0.5) is 17.1 Å². The van der Waals surface area contributed by atoms with Crippen LogP contribution >= 0.6 is 24.6 Å². The van der Waals surface area contributed by atoms with Crippen molar-refractivity contribution in [2.45, 2.75) is 12.8 Å². The number of hydrogen-bond donors (Lipinski definition) is 2. The Kier molecular flexibility index (Phi) is 8.64. The van der Waals surface area contributed by atoms with Crippen molar-refractivity contribution < 1.29 is 10.4 Å². The molecule has 184 valence electrons. The first-order valence-electron chi connectivity index (χ1n) is 11.3. The van der Waals surface area contributed by atoms with E-state index in [1.165, 1.54) is 0 Å². The Morgan fingerprint density at radius 1 is 0.971 bits per heavy atom. The van der Waals surface area contributed by atoms with E-state index >= 15 is 0 Å². The molecule has 0 aliphatic carbocycles. The van der Waals surface area contributed by atoms with Gasteiger partial charge in [-0.25, -0.2) is 10.2 Å². The maximum atomic E-state index is 12.1. The molecule has 2 aromatic carbocycles. The Morgan fingerprint density at radius 3 is 2.21 bits per heavy atom. The number of nitrogens with zero attached hydrogens (tertiary/aromatic N) is 5. The monoisotopic (exact) mass is 504 g/mol. The van der Waals surface area contributed by atoms with Gasteiger partial charge in [-0.2, -0.15) is 5.23 Å². The molecular formula is C24H33ClN6O2S. The molecule has 0 saturated heterocycles. The Labute approximate surface area is 212 Å². The van der Waals surface area contributed by atoms with Crippen LogP contribution < -0.4 is 15.0 Å². The molecule has 0 radical (unpaired) electrons. The third-order valence-corrected chi connectivity index (χ3v) is 6.45. The van der Waals surface area contributed by atoms with E-state index in [-0.39, 0.29) is 18.1 Å². The Morgan fingerprint density at radius 2 is 1.59 bits per heavy atom. The second-order valence-corrected chi connectivity index (χ2v) is 9.40. The molecule has 0 saturated carbocycles. The SMILES string of the molecule is CN(C)CCCN1C(=S)N(CCCN(C)C)c2c3ccccc3nc3c([NH+]([O-])O)ccc1c23.Cl. The maximum absolute atomic E-state index is 12.1. The Balaban J connectivity index is 0.00000324. The first-order valence-corrected chi connectivity index (χ1v) is 11.7. The third-order valence-electron chi connectivity index (χ3n) is 6.01. The average Bonchev–Trinajstić information content (AvgIpc) is 2.76. The molecule has 4 rings (SSSR count). The van der Waals surface area contributed by atoms with Gasteiger partial charge in [-0.1, -0.05) is 18.2 Å². The number of hydrogen-bond acceptors (Lipinski definition) is 6. The number of halogens is 1. The van der Waals surface area contributed by atoms with Crippen LogP contribution in [0.25, 0.3) is 21.8 Å². The predicted octanol–water partition coefficient (Wildman–Crippen LogP) is 3.03. The molecule has 0 amide bonds. The van der Waals surface area contributed by atoms with Crippen LogP contribution in [-0.2, 0) is 0 Å². The van der Waals surface area contributed by atoms with Crippen LogP contribution in [-0.4, -0.2) is 79.5 Å². The highest BCUT2D eigenvalue weighted by Gasteiger charge is 2.33. The Hall–Kier alpha value is -2.11. The van der Waals surface area contributed by atoms with Crippen molar-refractivity contribution in [2.75, 3.05) is 64.2 Å². The van der Waals surface area contributed by atoms with Crippen LogP contribution in [0.15, 0.2) is 36.4 Å². The zero-order chi connectivity index (χ0) is 23.7. The normalized spacial score (nSPS) is 14.4. The lowest BCUT2D eigenvalue weighted by Crippen LogP contribution is -2.99. The van der Waals surface area contributed by atoms with Crippen LogP contribution in [0.2, 0.25) is 0 Å². The summed E-state index contributed by atoms with van der Waals surface area (Å²) in [6.07, 6.45) is 1.88. The van der Waals surface area contributed by atoms with Gasteiger partial charge in [0.1, 0.15) is 5.52 Å². The first-order chi connectivity index (χ1) is 15.8. The van der Waals surface area contributed by atoms with Crippen molar-refractivity contribution in [3.63, 3.8) is 0 Å². The summed E-state index contributed by atoms with van der Waals surface area (Å²) < 4.78 is 0. The smallest absolute Gasteiger partial charge is 0.190 e. The van der Waals surface area contributed by atoms with Gasteiger partial charge in [0, 0.05) is 24.5 Å². The highest BCUT2D eigenvalue weighted by Crippen LogP contribution is 2.45. The van der Waals surface area contributed by atoms with Gasteiger partial charge in [0.15, 0.2) is 10.8 Å². The number of para-hydroxylation sites is 1. The van der Waals surface area contributed by atoms with Gasteiger partial charge in [-0.15, -0.1) is 12.4 Å². The zero-order valence-electron chi connectivity index (χ0n) is 20.1. The van der Waals surface area contributed by atoms with Crippen LogP contribution in [0.5, 0.6) is 0 Å². The van der Waals surface area contributed by atoms with Crippen LogP contribution in [0.1, 0.15) is 12.8 Å². The molecule has 2 N–H and O–H groups in total. The average molecular weight is 505 g/mol. The number of quaternary nitrogens is 1. The van der Waals surface area contributed by atoms with Gasteiger partial charge in [-0.05, 0) is 78.5 Å². The molecule has 3 aromatic rings. The summed E-state index contributed by atoms with van der Waals surface area (Å²) >= 11 is 6.06. The number of pyridine rings is 1. The molecule has 1 aliphatic rings. The molecule has 1 atom stereocenters. The zero-order valence-corrected chi connectivity index (χ0v) is 21.7. The van der Waals surface area contributed by atoms with E-state index in [1.54, 1.807) is 6.07 Å². The number of thiocarbonyl (C=S) groups is 1. The molecule has 1 aromatic heterocycles. The molecule has 8 nitrogen and oxygen atoms in total. The molecule has 10 heteroatoms. The van der Waals surface area contributed by atoms with Gasteiger partial charge < -0.3 is 24.8 Å². The van der Waals surface area contributed by atoms with Gasteiger partial charge >= 0.3 is 0 Å². The standard InChI is InChI=1S/C24H32N6O2S.ClH/c1-26(2)13-7-15-28-19-11-12-20(30(31)32)22-21(19)23(17-9-5-6-10-18(17)25-22)29(24(28)33)16-8-14-27(3)4;/h5-6,9-12,30-31H,7-8,13-16H2,1-4H3;1H. The predicted molar refractivity (Wildman–Crippen MR) is 146 cm³/mol. The lowest BCUT2D eigenvalue weighted by Gasteiger charge is -2.40. The van der Waals surface area contributed by atoms with Crippen molar-refractivity contribution in [2.24, 2.45) is 0 Å². The minimum absolute atomic E-state index is 0. The van der Waals surface area contributed by atoms with E-state index in [2.05, 4.69) is 53.9 Å². The van der Waals surface area contributed by atoms with Crippen molar-refractivity contribution in [3.8, 4) is 0 Å². The van der Waals surface area contributed by atoms with E-state index < -0.39 is 5.23 Å². The topological polar surface area (TPSA) is 73.6 Å². The molecule has 1 unspecified atom stereocenters. The summed E-state index contributed by atoms with van der Waals surface area (Å²) in [5.74, 6) is 0. The molecule has 34 heavy (non-hydrogen) atoms. The van der Waals surface area contributed by atoms with Crippen molar-refractivity contribution in [3.05, 3.63) is 41.6 Å². The molecule has 1 aliphatic heterocycles. The molecule has 2 heterocycles. The molecule has 0 fully saturated rings. The van der Waals surface area contributed by atoms with Crippen molar-refractivity contribution >= 4 is 68.6 Å². The maximum Gasteiger partial charge on any atom is 0.190 e. The van der Waals surface area contributed by atoms with E-state index in [9.17, 15) is 10.4 Å². The van der Waals surface area contributed by atoms with E-state index in [0.29, 0.717) is 5.52 Å².